The van der Waals surface area contributed by atoms with Gasteiger partial charge in [-0.3, -0.25) is 9.59 Å². The smallest absolute Gasteiger partial charge is 0.246 e. The van der Waals surface area contributed by atoms with Gasteiger partial charge in [0.05, 0.1) is 26.5 Å². The van der Waals surface area contributed by atoms with Crippen LogP contribution < -0.4 is 14.8 Å². The van der Waals surface area contributed by atoms with Crippen LogP contribution in [0.5, 0.6) is 11.5 Å². The number of rotatable bonds is 8. The minimum Gasteiger partial charge on any atom is -0.493 e. The molecule has 0 fully saturated rings. The molecule has 2 aromatic rings. The number of hydrogen-bond donors (Lipinski definition) is 1. The summed E-state index contributed by atoms with van der Waals surface area (Å²) >= 11 is 1.55. The second-order valence-corrected chi connectivity index (χ2v) is 6.74. The highest BCUT2D eigenvalue weighted by molar-refractivity contribution is 7.98. The van der Waals surface area contributed by atoms with Crippen molar-refractivity contribution in [3.63, 3.8) is 0 Å². The number of methoxy groups -OCH3 is 2. The molecule has 148 valence electrons. The zero-order valence-corrected chi connectivity index (χ0v) is 17.2. The molecular weight excluding hydrogens is 376 g/mol. The van der Waals surface area contributed by atoms with Crippen molar-refractivity contribution in [2.75, 3.05) is 39.4 Å². The molecule has 2 amide bonds. The lowest BCUT2D eigenvalue weighted by molar-refractivity contribution is -0.129. The molecular formula is C21H24N2O4S. The van der Waals surface area contributed by atoms with Gasteiger partial charge in [-0.1, -0.05) is 18.2 Å². The Morgan fingerprint density at radius 1 is 1.11 bits per heavy atom. The predicted octanol–water partition coefficient (Wildman–Crippen LogP) is 3.54. The average molecular weight is 401 g/mol. The van der Waals surface area contributed by atoms with Crippen LogP contribution in [0.25, 0.3) is 6.08 Å². The molecule has 0 aromatic heterocycles. The van der Waals surface area contributed by atoms with Crippen LogP contribution >= 0.6 is 11.8 Å². The molecule has 0 bridgehead atoms. The maximum Gasteiger partial charge on any atom is 0.246 e. The molecule has 0 aliphatic heterocycles. The summed E-state index contributed by atoms with van der Waals surface area (Å²) in [5.74, 6) is 0.669. The first-order chi connectivity index (χ1) is 13.5. The zero-order chi connectivity index (χ0) is 20.5. The van der Waals surface area contributed by atoms with Crippen LogP contribution in [0.1, 0.15) is 5.56 Å². The highest BCUT2D eigenvalue weighted by Crippen LogP contribution is 2.28. The lowest BCUT2D eigenvalue weighted by Gasteiger charge is -2.16. The second kappa shape index (κ2) is 10.4. The summed E-state index contributed by atoms with van der Waals surface area (Å²) < 4.78 is 10.4. The van der Waals surface area contributed by atoms with E-state index in [0.717, 1.165) is 16.1 Å². The Labute approximate surface area is 169 Å². The fourth-order valence-electron chi connectivity index (χ4n) is 2.48. The van der Waals surface area contributed by atoms with Gasteiger partial charge in [-0.05, 0) is 42.2 Å². The number of carbonyl (C=O) groups excluding carboxylic acids is 2. The van der Waals surface area contributed by atoms with E-state index in [-0.39, 0.29) is 18.4 Å². The molecule has 2 rings (SSSR count). The summed E-state index contributed by atoms with van der Waals surface area (Å²) in [7, 11) is 4.70. The van der Waals surface area contributed by atoms with E-state index in [2.05, 4.69) is 5.32 Å². The van der Waals surface area contributed by atoms with E-state index < -0.39 is 0 Å². The summed E-state index contributed by atoms with van der Waals surface area (Å²) in [6.07, 6.45) is 5.03. The number of nitrogens with one attached hydrogen (secondary N) is 1. The largest absolute Gasteiger partial charge is 0.493 e. The first kappa shape index (κ1) is 21.4. The van der Waals surface area contributed by atoms with E-state index in [4.69, 9.17) is 9.47 Å². The number of anilines is 1. The van der Waals surface area contributed by atoms with Gasteiger partial charge in [0.2, 0.25) is 11.8 Å². The van der Waals surface area contributed by atoms with E-state index in [0.29, 0.717) is 11.5 Å². The standard InChI is InChI=1S/C21H24N2O4S/c1-23(14-20(24)22-16-7-5-6-8-19(16)28-4)21(25)12-10-15-9-11-17(26-2)18(13-15)27-3/h5-13H,14H2,1-4H3,(H,22,24)/b12-10+. The highest BCUT2D eigenvalue weighted by Gasteiger charge is 2.12. The Kier molecular flexibility index (Phi) is 7.95. The van der Waals surface area contributed by atoms with Crippen molar-refractivity contribution in [3.8, 4) is 11.5 Å². The number of benzene rings is 2. The summed E-state index contributed by atoms with van der Waals surface area (Å²) in [5.41, 5.74) is 1.53. The summed E-state index contributed by atoms with van der Waals surface area (Å²) in [6, 6.07) is 12.9. The van der Waals surface area contributed by atoms with Gasteiger partial charge in [0, 0.05) is 18.0 Å². The number of nitrogens with zero attached hydrogens (tertiary/aromatic N) is 1. The topological polar surface area (TPSA) is 67.9 Å². The molecule has 0 atom stereocenters. The molecule has 28 heavy (non-hydrogen) atoms. The molecule has 0 aliphatic rings. The van der Waals surface area contributed by atoms with E-state index in [1.54, 1.807) is 51.2 Å². The Morgan fingerprint density at radius 2 is 1.82 bits per heavy atom. The van der Waals surface area contributed by atoms with Gasteiger partial charge in [-0.2, -0.15) is 0 Å². The molecule has 2 aromatic carbocycles. The normalized spacial score (nSPS) is 10.6. The number of amides is 2. The SMILES string of the molecule is COc1ccc(/C=C/C(=O)N(C)CC(=O)Nc2ccccc2SC)cc1OC. The number of thioether (sulfide) groups is 1. The van der Waals surface area contributed by atoms with Gasteiger partial charge in [-0.25, -0.2) is 0 Å². The summed E-state index contributed by atoms with van der Waals surface area (Å²) in [6.45, 7) is -0.0438. The highest BCUT2D eigenvalue weighted by atomic mass is 32.2. The van der Waals surface area contributed by atoms with E-state index in [1.807, 2.05) is 36.6 Å². The number of para-hydroxylation sites is 1. The molecule has 1 N–H and O–H groups in total. The van der Waals surface area contributed by atoms with Crippen LogP contribution in [-0.4, -0.2) is 50.8 Å². The fraction of sp³-hybridized carbons (Fsp3) is 0.238. The van der Waals surface area contributed by atoms with Gasteiger partial charge >= 0.3 is 0 Å². The van der Waals surface area contributed by atoms with Gasteiger partial charge < -0.3 is 19.7 Å². The minimum atomic E-state index is -0.275. The summed E-state index contributed by atoms with van der Waals surface area (Å²) in [5, 5.41) is 2.84. The van der Waals surface area contributed by atoms with E-state index in [1.165, 1.54) is 11.0 Å². The Bertz CT molecular complexity index is 867. The number of ether oxygens (including phenoxy) is 2. The van der Waals surface area contributed by atoms with Crippen molar-refractivity contribution in [1.82, 2.24) is 4.90 Å². The zero-order valence-electron chi connectivity index (χ0n) is 16.4. The molecule has 6 nitrogen and oxygen atoms in total. The number of carbonyl (C=O) groups is 2. The Balaban J connectivity index is 1.96. The lowest BCUT2D eigenvalue weighted by Crippen LogP contribution is -2.33. The van der Waals surface area contributed by atoms with Crippen molar-refractivity contribution in [3.05, 3.63) is 54.1 Å². The molecule has 7 heteroatoms. The second-order valence-electron chi connectivity index (χ2n) is 5.89. The van der Waals surface area contributed by atoms with Gasteiger partial charge in [0.15, 0.2) is 11.5 Å². The van der Waals surface area contributed by atoms with Gasteiger partial charge in [0.1, 0.15) is 0 Å². The number of hydrogen-bond acceptors (Lipinski definition) is 5. The van der Waals surface area contributed by atoms with Crippen molar-refractivity contribution in [1.29, 1.82) is 0 Å². The van der Waals surface area contributed by atoms with Crippen molar-refractivity contribution in [2.24, 2.45) is 0 Å². The van der Waals surface area contributed by atoms with Gasteiger partial charge in [0.25, 0.3) is 0 Å². The third kappa shape index (κ3) is 5.79. The molecule has 0 aliphatic carbocycles. The van der Waals surface area contributed by atoms with Crippen LogP contribution in [0.4, 0.5) is 5.69 Å². The van der Waals surface area contributed by atoms with Crippen LogP contribution in [0.15, 0.2) is 53.4 Å². The maximum absolute atomic E-state index is 12.3. The molecule has 0 heterocycles. The molecule has 0 radical (unpaired) electrons. The van der Waals surface area contributed by atoms with Crippen LogP contribution in [0, 0.1) is 0 Å². The summed E-state index contributed by atoms with van der Waals surface area (Å²) in [4.78, 5) is 26.9. The first-order valence-corrected chi connectivity index (χ1v) is 9.79. The Hall–Kier alpha value is -2.93. The average Bonchev–Trinajstić information content (AvgIpc) is 2.71. The predicted molar refractivity (Wildman–Crippen MR) is 113 cm³/mol. The minimum absolute atomic E-state index is 0.0438. The Morgan fingerprint density at radius 3 is 2.50 bits per heavy atom. The van der Waals surface area contributed by atoms with E-state index >= 15 is 0 Å². The molecule has 0 unspecified atom stereocenters. The fourth-order valence-corrected chi connectivity index (χ4v) is 3.04. The third-order valence-corrected chi connectivity index (χ3v) is 4.76. The quantitative estimate of drug-likeness (QED) is 0.542. The third-order valence-electron chi connectivity index (χ3n) is 3.96. The van der Waals surface area contributed by atoms with Crippen molar-refractivity contribution < 1.29 is 19.1 Å². The van der Waals surface area contributed by atoms with Gasteiger partial charge in [-0.15, -0.1) is 11.8 Å². The van der Waals surface area contributed by atoms with Crippen LogP contribution in [0.3, 0.4) is 0 Å². The molecule has 0 saturated carbocycles. The maximum atomic E-state index is 12.3. The molecule has 0 spiro atoms. The first-order valence-electron chi connectivity index (χ1n) is 8.56. The lowest BCUT2D eigenvalue weighted by atomic mass is 10.2. The van der Waals surface area contributed by atoms with E-state index in [9.17, 15) is 9.59 Å². The number of likely N-dealkylation sites (N-methyl/N-ethyl adjacent to an activating group) is 1. The monoisotopic (exact) mass is 400 g/mol. The van der Waals surface area contributed by atoms with Crippen molar-refractivity contribution in [2.45, 2.75) is 4.90 Å². The van der Waals surface area contributed by atoms with Crippen molar-refractivity contribution >= 4 is 35.3 Å². The van der Waals surface area contributed by atoms with Crippen LogP contribution in [-0.2, 0) is 9.59 Å². The van der Waals surface area contributed by atoms with Crippen LogP contribution in [0.2, 0.25) is 0 Å². The molecule has 0 saturated heterocycles.